The maximum absolute atomic E-state index is 11.5. The Hall–Kier alpha value is -1.72. The Kier molecular flexibility index (Phi) is 3.51. The third kappa shape index (κ3) is 2.69. The van der Waals surface area contributed by atoms with Crippen molar-refractivity contribution in [2.45, 2.75) is 6.42 Å². The molecular formula is C10H9BrN4O2. The predicted molar refractivity (Wildman–Crippen MR) is 65.2 cm³/mol. The van der Waals surface area contributed by atoms with E-state index in [1.807, 2.05) is 0 Å². The van der Waals surface area contributed by atoms with Crippen molar-refractivity contribution < 1.29 is 9.53 Å². The van der Waals surface area contributed by atoms with E-state index >= 15 is 0 Å². The molecular weight excluding hydrogens is 288 g/mol. The van der Waals surface area contributed by atoms with Gasteiger partial charge in [0.25, 0.3) is 0 Å². The van der Waals surface area contributed by atoms with Crippen molar-refractivity contribution in [3.63, 3.8) is 0 Å². The van der Waals surface area contributed by atoms with Gasteiger partial charge in [0.2, 0.25) is 0 Å². The third-order valence-electron chi connectivity index (χ3n) is 2.39. The zero-order valence-corrected chi connectivity index (χ0v) is 10.4. The van der Waals surface area contributed by atoms with Gasteiger partial charge in [0, 0.05) is 22.5 Å². The molecule has 1 heterocycles. The summed E-state index contributed by atoms with van der Waals surface area (Å²) in [5.74, 6) is 0.368. The van der Waals surface area contributed by atoms with Crippen molar-refractivity contribution in [3.8, 4) is 5.75 Å². The lowest BCUT2D eigenvalue weighted by atomic mass is 10.2. The Bertz CT molecular complexity index is 495. The zero-order valence-electron chi connectivity index (χ0n) is 8.84. The highest BCUT2D eigenvalue weighted by atomic mass is 79.9. The largest absolute Gasteiger partial charge is 0.415 e. The van der Waals surface area contributed by atoms with Gasteiger partial charge in [-0.25, -0.2) is 4.79 Å². The monoisotopic (exact) mass is 296 g/mol. The molecule has 0 spiro atoms. The third-order valence-corrected chi connectivity index (χ3v) is 3.06. The molecule has 1 fully saturated rings. The Balaban J connectivity index is 2.12. The molecule has 1 amide bonds. The standard InChI is InChI=1S/C10H9BrN4O2/c11-8-3-2-7(6-9(8)13-14-12)17-10(16)15-4-1-5-15/h2-3,6H,1,4-5H2. The smallest absolute Gasteiger partial charge is 0.410 e. The zero-order chi connectivity index (χ0) is 12.3. The first kappa shape index (κ1) is 11.8. The van der Waals surface area contributed by atoms with E-state index in [0.29, 0.717) is 15.9 Å². The average Bonchev–Trinajstić information content (AvgIpc) is 2.20. The number of azide groups is 1. The minimum Gasteiger partial charge on any atom is -0.410 e. The number of ether oxygens (including phenoxy) is 1. The van der Waals surface area contributed by atoms with E-state index in [1.165, 1.54) is 6.07 Å². The van der Waals surface area contributed by atoms with E-state index < -0.39 is 0 Å². The molecule has 1 aliphatic rings. The maximum Gasteiger partial charge on any atom is 0.415 e. The van der Waals surface area contributed by atoms with Crippen LogP contribution in [0.15, 0.2) is 27.8 Å². The van der Waals surface area contributed by atoms with E-state index in [1.54, 1.807) is 17.0 Å². The van der Waals surface area contributed by atoms with Crippen LogP contribution in [-0.4, -0.2) is 24.1 Å². The summed E-state index contributed by atoms with van der Waals surface area (Å²) in [4.78, 5) is 15.8. The number of nitrogens with zero attached hydrogens (tertiary/aromatic N) is 4. The minimum absolute atomic E-state index is 0.368. The molecule has 1 saturated heterocycles. The molecule has 0 unspecified atom stereocenters. The number of carbonyl (C=O) groups is 1. The summed E-state index contributed by atoms with van der Waals surface area (Å²) in [6, 6.07) is 4.82. The van der Waals surface area contributed by atoms with Gasteiger partial charge in [-0.2, -0.15) is 0 Å². The van der Waals surface area contributed by atoms with E-state index in [2.05, 4.69) is 26.0 Å². The number of rotatable bonds is 2. The molecule has 17 heavy (non-hydrogen) atoms. The number of carbonyl (C=O) groups excluding carboxylic acids is 1. The van der Waals surface area contributed by atoms with Gasteiger partial charge in [0.15, 0.2) is 0 Å². The van der Waals surface area contributed by atoms with E-state index in [9.17, 15) is 4.79 Å². The number of amides is 1. The van der Waals surface area contributed by atoms with Crippen molar-refractivity contribution in [2.24, 2.45) is 5.11 Å². The number of halogens is 1. The number of hydrogen-bond donors (Lipinski definition) is 0. The molecule has 0 atom stereocenters. The van der Waals surface area contributed by atoms with Gasteiger partial charge in [-0.15, -0.1) is 0 Å². The summed E-state index contributed by atoms with van der Waals surface area (Å²) >= 11 is 3.24. The molecule has 1 aromatic rings. The van der Waals surface area contributed by atoms with Crippen LogP contribution in [0.25, 0.3) is 10.4 Å². The quantitative estimate of drug-likeness (QED) is 0.475. The van der Waals surface area contributed by atoms with Crippen LogP contribution in [0.2, 0.25) is 0 Å². The van der Waals surface area contributed by atoms with Crippen LogP contribution in [0.5, 0.6) is 5.75 Å². The van der Waals surface area contributed by atoms with Crippen LogP contribution in [0.1, 0.15) is 6.42 Å². The molecule has 0 aliphatic carbocycles. The summed E-state index contributed by atoms with van der Waals surface area (Å²) in [5.41, 5.74) is 8.76. The van der Waals surface area contributed by atoms with E-state index in [4.69, 9.17) is 10.3 Å². The van der Waals surface area contributed by atoms with Crippen molar-refractivity contribution in [1.82, 2.24) is 4.90 Å². The Morgan fingerprint density at radius 1 is 1.53 bits per heavy atom. The molecule has 0 bridgehead atoms. The second-order valence-corrected chi connectivity index (χ2v) is 4.37. The van der Waals surface area contributed by atoms with Crippen molar-refractivity contribution >= 4 is 27.7 Å². The Morgan fingerprint density at radius 2 is 2.29 bits per heavy atom. The van der Waals surface area contributed by atoms with Crippen LogP contribution in [0.3, 0.4) is 0 Å². The summed E-state index contributed by atoms with van der Waals surface area (Å²) in [6.07, 6.45) is 0.643. The molecule has 0 aromatic heterocycles. The van der Waals surface area contributed by atoms with Crippen LogP contribution >= 0.6 is 15.9 Å². The van der Waals surface area contributed by atoms with Crippen molar-refractivity contribution in [3.05, 3.63) is 33.1 Å². The SMILES string of the molecule is [N-]=[N+]=Nc1cc(OC(=O)N2CCC2)ccc1Br. The molecule has 1 aromatic carbocycles. The van der Waals surface area contributed by atoms with E-state index in [0.717, 1.165) is 19.5 Å². The normalized spacial score (nSPS) is 13.6. The van der Waals surface area contributed by atoms with Gasteiger partial charge in [0.1, 0.15) is 5.75 Å². The Morgan fingerprint density at radius 3 is 2.88 bits per heavy atom. The lowest BCUT2D eigenvalue weighted by molar-refractivity contribution is 0.125. The van der Waals surface area contributed by atoms with Gasteiger partial charge in [-0.3, -0.25) is 0 Å². The maximum atomic E-state index is 11.5. The van der Waals surface area contributed by atoms with Gasteiger partial charge in [-0.05, 0) is 30.2 Å². The average molecular weight is 297 g/mol. The molecule has 2 rings (SSSR count). The molecule has 6 nitrogen and oxygen atoms in total. The Labute approximate surface area is 106 Å². The molecule has 0 N–H and O–H groups in total. The summed E-state index contributed by atoms with van der Waals surface area (Å²) in [5, 5.41) is 3.48. The summed E-state index contributed by atoms with van der Waals surface area (Å²) in [7, 11) is 0. The van der Waals surface area contributed by atoms with Crippen LogP contribution < -0.4 is 4.74 Å². The highest BCUT2D eigenvalue weighted by molar-refractivity contribution is 9.10. The first-order valence-corrected chi connectivity index (χ1v) is 5.81. The first-order valence-electron chi connectivity index (χ1n) is 5.02. The van der Waals surface area contributed by atoms with Crippen LogP contribution in [0, 0.1) is 0 Å². The topological polar surface area (TPSA) is 78.3 Å². The fraction of sp³-hybridized carbons (Fsp3) is 0.300. The highest BCUT2D eigenvalue weighted by Crippen LogP contribution is 2.30. The van der Waals surface area contributed by atoms with Gasteiger partial charge in [-0.1, -0.05) is 21.0 Å². The molecule has 88 valence electrons. The fourth-order valence-electron chi connectivity index (χ4n) is 1.34. The minimum atomic E-state index is -0.370. The highest BCUT2D eigenvalue weighted by Gasteiger charge is 2.22. The van der Waals surface area contributed by atoms with Crippen molar-refractivity contribution in [1.29, 1.82) is 0 Å². The van der Waals surface area contributed by atoms with Gasteiger partial charge >= 0.3 is 6.09 Å². The van der Waals surface area contributed by atoms with Gasteiger partial charge < -0.3 is 9.64 Å². The van der Waals surface area contributed by atoms with Crippen LogP contribution in [0.4, 0.5) is 10.5 Å². The summed E-state index contributed by atoms with van der Waals surface area (Å²) < 4.78 is 5.80. The molecule has 0 saturated carbocycles. The predicted octanol–water partition coefficient (Wildman–Crippen LogP) is 3.60. The summed E-state index contributed by atoms with van der Waals surface area (Å²) in [6.45, 7) is 1.47. The molecule has 1 aliphatic heterocycles. The second kappa shape index (κ2) is 5.07. The van der Waals surface area contributed by atoms with Gasteiger partial charge in [0.05, 0.1) is 5.69 Å². The second-order valence-electron chi connectivity index (χ2n) is 3.51. The first-order chi connectivity index (χ1) is 8.20. The van der Waals surface area contributed by atoms with E-state index in [-0.39, 0.29) is 6.09 Å². The number of likely N-dealkylation sites (tertiary alicyclic amines) is 1. The molecule has 0 radical (unpaired) electrons. The number of hydrogen-bond acceptors (Lipinski definition) is 3. The lowest BCUT2D eigenvalue weighted by Gasteiger charge is -2.29. The molecule has 7 heteroatoms. The van der Waals surface area contributed by atoms with Crippen molar-refractivity contribution in [2.75, 3.05) is 13.1 Å². The lowest BCUT2D eigenvalue weighted by Crippen LogP contribution is -2.43. The number of benzene rings is 1. The van der Waals surface area contributed by atoms with Crippen LogP contribution in [-0.2, 0) is 0 Å². The fourth-order valence-corrected chi connectivity index (χ4v) is 1.67.